The van der Waals surface area contributed by atoms with Crippen molar-refractivity contribution in [3.63, 3.8) is 0 Å². The zero-order valence-electron chi connectivity index (χ0n) is 16.0. The Labute approximate surface area is 163 Å². The summed E-state index contributed by atoms with van der Waals surface area (Å²) in [7, 11) is 0. The maximum atomic E-state index is 12.7. The highest BCUT2D eigenvalue weighted by Crippen LogP contribution is 2.33. The van der Waals surface area contributed by atoms with Crippen LogP contribution < -0.4 is 0 Å². The second-order valence-electron chi connectivity index (χ2n) is 7.23. The quantitative estimate of drug-likeness (QED) is 0.633. The van der Waals surface area contributed by atoms with E-state index in [4.69, 9.17) is 4.42 Å². The lowest BCUT2D eigenvalue weighted by atomic mass is 10.0. The number of nitrogens with zero attached hydrogens (tertiary/aromatic N) is 2. The molecule has 1 atom stereocenters. The highest BCUT2D eigenvalue weighted by molar-refractivity contribution is 7.10. The highest BCUT2D eigenvalue weighted by atomic mass is 32.1. The Morgan fingerprint density at radius 2 is 2.15 bits per heavy atom. The molecule has 4 rings (SSSR count). The second-order valence-corrected chi connectivity index (χ2v) is 8.23. The summed E-state index contributed by atoms with van der Waals surface area (Å²) in [5.41, 5.74) is 4.81. The molecular weight excluding hydrogens is 356 g/mol. The van der Waals surface area contributed by atoms with Gasteiger partial charge in [-0.2, -0.15) is 0 Å². The van der Waals surface area contributed by atoms with Crippen molar-refractivity contribution in [2.45, 2.75) is 46.1 Å². The van der Waals surface area contributed by atoms with E-state index in [-0.39, 0.29) is 11.9 Å². The van der Waals surface area contributed by atoms with Gasteiger partial charge in [0.15, 0.2) is 11.7 Å². The summed E-state index contributed by atoms with van der Waals surface area (Å²) in [5.74, 6) is 1.55. The van der Waals surface area contributed by atoms with Crippen molar-refractivity contribution in [2.24, 2.45) is 0 Å². The highest BCUT2D eigenvalue weighted by Gasteiger charge is 2.28. The van der Waals surface area contributed by atoms with Crippen molar-refractivity contribution in [2.75, 3.05) is 6.54 Å². The molecule has 27 heavy (non-hydrogen) atoms. The number of carbonyl (C=O) groups excluding carboxylic acids is 1. The average molecular weight is 381 g/mol. The predicted octanol–water partition coefficient (Wildman–Crippen LogP) is 5.10. The number of aryl methyl sites for hydroxylation is 3. The van der Waals surface area contributed by atoms with E-state index in [1.54, 1.807) is 17.5 Å². The van der Waals surface area contributed by atoms with Crippen LogP contribution >= 0.6 is 11.3 Å². The van der Waals surface area contributed by atoms with Gasteiger partial charge in [0.05, 0.1) is 12.2 Å². The minimum atomic E-state index is 0.156. The van der Waals surface area contributed by atoms with Crippen LogP contribution in [0.3, 0.4) is 0 Å². The number of amides is 1. The predicted molar refractivity (Wildman–Crippen MR) is 108 cm³/mol. The van der Waals surface area contributed by atoms with Crippen LogP contribution in [0.1, 0.15) is 46.8 Å². The Hall–Kier alpha value is -2.40. The molecule has 0 radical (unpaired) electrons. The molecule has 1 aliphatic rings. The van der Waals surface area contributed by atoms with Gasteiger partial charge < -0.3 is 9.32 Å². The van der Waals surface area contributed by atoms with Crippen molar-refractivity contribution in [1.82, 2.24) is 9.88 Å². The molecule has 0 bridgehead atoms. The number of carbonyl (C=O) groups is 1. The summed E-state index contributed by atoms with van der Waals surface area (Å²) >= 11 is 1.79. The van der Waals surface area contributed by atoms with Crippen LogP contribution in [0.4, 0.5) is 0 Å². The fourth-order valence-corrected chi connectivity index (χ4v) is 4.62. The summed E-state index contributed by atoms with van der Waals surface area (Å²) in [5, 5.41) is 2.12. The second kappa shape index (κ2) is 7.31. The number of hydrogen-bond acceptors (Lipinski definition) is 4. The topological polar surface area (TPSA) is 46.3 Å². The molecule has 0 unspecified atom stereocenters. The van der Waals surface area contributed by atoms with Gasteiger partial charge in [-0.1, -0.05) is 12.1 Å². The first kappa shape index (κ1) is 18.0. The van der Waals surface area contributed by atoms with Crippen LogP contribution in [0.15, 0.2) is 40.3 Å². The summed E-state index contributed by atoms with van der Waals surface area (Å²) < 4.78 is 5.89. The molecule has 4 nitrogen and oxygen atoms in total. The Morgan fingerprint density at radius 3 is 2.96 bits per heavy atom. The molecule has 0 fully saturated rings. The molecule has 140 valence electrons. The van der Waals surface area contributed by atoms with E-state index < -0.39 is 0 Å². The van der Waals surface area contributed by atoms with E-state index in [9.17, 15) is 4.79 Å². The molecular formula is C22H24N2O2S. The summed E-state index contributed by atoms with van der Waals surface area (Å²) in [6.45, 7) is 7.10. The minimum absolute atomic E-state index is 0.156. The number of thiophene rings is 1. The molecule has 5 heteroatoms. The van der Waals surface area contributed by atoms with Crippen LogP contribution in [0, 0.1) is 13.8 Å². The van der Waals surface area contributed by atoms with E-state index in [0.717, 1.165) is 24.3 Å². The van der Waals surface area contributed by atoms with Crippen LogP contribution in [-0.2, 0) is 17.6 Å². The first-order chi connectivity index (χ1) is 13.0. The average Bonchev–Trinajstić information content (AvgIpc) is 3.32. The fourth-order valence-electron chi connectivity index (χ4n) is 3.66. The number of oxazole rings is 1. The molecule has 0 saturated heterocycles. The zero-order valence-corrected chi connectivity index (χ0v) is 16.8. The molecule has 3 aromatic rings. The number of fused-ring (bicyclic) bond motifs is 1. The van der Waals surface area contributed by atoms with E-state index in [1.165, 1.54) is 21.6 Å². The van der Waals surface area contributed by atoms with Gasteiger partial charge in [0.1, 0.15) is 0 Å². The third-order valence-electron chi connectivity index (χ3n) is 5.50. The Kier molecular flexibility index (Phi) is 4.87. The van der Waals surface area contributed by atoms with Crippen molar-refractivity contribution >= 4 is 17.2 Å². The number of hydrogen-bond donors (Lipinski definition) is 0. The molecule has 2 aromatic heterocycles. The zero-order chi connectivity index (χ0) is 19.0. The van der Waals surface area contributed by atoms with E-state index in [0.29, 0.717) is 18.7 Å². The summed E-state index contributed by atoms with van der Waals surface area (Å²) in [6.07, 6.45) is 3.67. The van der Waals surface area contributed by atoms with Crippen molar-refractivity contribution < 1.29 is 9.21 Å². The molecule has 3 heterocycles. The van der Waals surface area contributed by atoms with E-state index in [2.05, 4.69) is 49.3 Å². The van der Waals surface area contributed by atoms with Gasteiger partial charge in [0, 0.05) is 29.8 Å². The molecule has 0 aliphatic carbocycles. The van der Waals surface area contributed by atoms with E-state index in [1.807, 2.05) is 11.0 Å². The van der Waals surface area contributed by atoms with Crippen molar-refractivity contribution in [3.05, 3.63) is 63.3 Å². The monoisotopic (exact) mass is 380 g/mol. The summed E-state index contributed by atoms with van der Waals surface area (Å²) in [4.78, 5) is 20.5. The third kappa shape index (κ3) is 3.56. The van der Waals surface area contributed by atoms with Crippen molar-refractivity contribution in [3.8, 4) is 11.3 Å². The Bertz CT molecular complexity index is 972. The molecule has 0 saturated carbocycles. The lowest BCUT2D eigenvalue weighted by Crippen LogP contribution is -2.38. The van der Waals surface area contributed by atoms with Gasteiger partial charge in [-0.15, -0.1) is 11.3 Å². The maximum absolute atomic E-state index is 12.7. The molecule has 1 aliphatic heterocycles. The smallest absolute Gasteiger partial charge is 0.223 e. The number of aromatic nitrogens is 1. The van der Waals surface area contributed by atoms with Crippen LogP contribution in [-0.4, -0.2) is 22.3 Å². The maximum Gasteiger partial charge on any atom is 0.223 e. The number of benzene rings is 1. The van der Waals surface area contributed by atoms with Gasteiger partial charge >= 0.3 is 0 Å². The fraction of sp³-hybridized carbons (Fsp3) is 0.364. The Balaban J connectivity index is 1.40. The van der Waals surface area contributed by atoms with Gasteiger partial charge in [-0.25, -0.2) is 4.98 Å². The minimum Gasteiger partial charge on any atom is -0.441 e. The molecule has 1 amide bonds. The van der Waals surface area contributed by atoms with Gasteiger partial charge in [0.25, 0.3) is 0 Å². The molecule has 1 aromatic carbocycles. The lowest BCUT2D eigenvalue weighted by molar-refractivity contribution is -0.133. The Morgan fingerprint density at radius 1 is 1.30 bits per heavy atom. The normalized spacial score (nSPS) is 16.4. The van der Waals surface area contributed by atoms with Gasteiger partial charge in [0.2, 0.25) is 5.91 Å². The van der Waals surface area contributed by atoms with Crippen LogP contribution in [0.25, 0.3) is 11.3 Å². The number of rotatable bonds is 4. The molecule has 0 N–H and O–H groups in total. The first-order valence-corrected chi connectivity index (χ1v) is 10.3. The van der Waals surface area contributed by atoms with E-state index >= 15 is 0 Å². The van der Waals surface area contributed by atoms with Gasteiger partial charge in [-0.3, -0.25) is 4.79 Å². The SMILES string of the molecule is Cc1ccc(-c2cnc(CCC(=O)N3CCc4sccc4[C@@H]3C)o2)cc1C. The molecule has 0 spiro atoms. The van der Waals surface area contributed by atoms with Crippen LogP contribution in [0.2, 0.25) is 0 Å². The summed E-state index contributed by atoms with van der Waals surface area (Å²) in [6, 6.07) is 8.55. The third-order valence-corrected chi connectivity index (χ3v) is 6.49. The van der Waals surface area contributed by atoms with Crippen molar-refractivity contribution in [1.29, 1.82) is 0 Å². The first-order valence-electron chi connectivity index (χ1n) is 9.41. The largest absolute Gasteiger partial charge is 0.441 e. The van der Waals surface area contributed by atoms with Gasteiger partial charge in [-0.05, 0) is 61.4 Å². The lowest BCUT2D eigenvalue weighted by Gasteiger charge is -2.33. The van der Waals surface area contributed by atoms with Crippen LogP contribution in [0.5, 0.6) is 0 Å². The standard InChI is InChI=1S/C22H24N2O2S/c1-14-4-5-17(12-15(14)2)19-13-23-21(26-19)6-7-22(25)24-10-8-20-18(16(24)3)9-11-27-20/h4-5,9,11-13,16H,6-8,10H2,1-3H3/t16-/m0/s1.